The lowest BCUT2D eigenvalue weighted by molar-refractivity contribution is -0.384. The van der Waals surface area contributed by atoms with Crippen LogP contribution in [-0.4, -0.2) is 31.1 Å². The Hall–Kier alpha value is -5.25. The van der Waals surface area contributed by atoms with Gasteiger partial charge in [-0.2, -0.15) is 0 Å². The molecule has 0 bridgehead atoms. The Bertz CT molecular complexity index is 1690. The number of rotatable bonds is 5. The van der Waals surface area contributed by atoms with Crippen molar-refractivity contribution in [1.29, 1.82) is 0 Å². The van der Waals surface area contributed by atoms with Gasteiger partial charge in [-0.25, -0.2) is 4.68 Å². The maximum absolute atomic E-state index is 13.8. The van der Waals surface area contributed by atoms with Gasteiger partial charge in [-0.1, -0.05) is 60.7 Å². The third-order valence-electron chi connectivity index (χ3n) is 6.65. The first kappa shape index (κ1) is 24.4. The molecular formula is C28H22N4O6. The van der Waals surface area contributed by atoms with Gasteiger partial charge in [0.15, 0.2) is 0 Å². The molecule has 2 heterocycles. The molecule has 38 heavy (non-hydrogen) atoms. The number of aliphatic hydroxyl groups excluding tert-OH is 1. The first-order valence-electron chi connectivity index (χ1n) is 11.7. The molecule has 0 aliphatic carbocycles. The van der Waals surface area contributed by atoms with Gasteiger partial charge < -0.3 is 5.11 Å². The molecule has 1 saturated heterocycles. The SMILES string of the molecule is Cc1c(N2C(=O)C(=O)/C(=C(/O)c3ccccc3)C2c2cccc([N+](=O)[O-])c2)c(=O)n(-c2ccccc2)n1C. The number of nitro benzene ring substituents is 1. The fourth-order valence-electron chi connectivity index (χ4n) is 4.77. The predicted octanol–water partition coefficient (Wildman–Crippen LogP) is 4.02. The zero-order valence-corrected chi connectivity index (χ0v) is 20.4. The monoisotopic (exact) mass is 510 g/mol. The summed E-state index contributed by atoms with van der Waals surface area (Å²) in [6.07, 6.45) is 0. The van der Waals surface area contributed by atoms with Crippen LogP contribution < -0.4 is 10.5 Å². The fourth-order valence-corrected chi connectivity index (χ4v) is 4.77. The van der Waals surface area contributed by atoms with Gasteiger partial charge in [-0.15, -0.1) is 0 Å². The van der Waals surface area contributed by atoms with Crippen LogP contribution in [0.15, 0.2) is 95.3 Å². The number of aromatic nitrogens is 2. The van der Waals surface area contributed by atoms with Crippen LogP contribution in [0.5, 0.6) is 0 Å². The third-order valence-corrected chi connectivity index (χ3v) is 6.65. The summed E-state index contributed by atoms with van der Waals surface area (Å²) < 4.78 is 2.93. The van der Waals surface area contributed by atoms with Gasteiger partial charge >= 0.3 is 0 Å². The second-order valence-corrected chi connectivity index (χ2v) is 8.80. The summed E-state index contributed by atoms with van der Waals surface area (Å²) in [6.45, 7) is 1.64. The highest BCUT2D eigenvalue weighted by Gasteiger charge is 2.49. The topological polar surface area (TPSA) is 128 Å². The van der Waals surface area contributed by atoms with Crippen molar-refractivity contribution in [3.05, 3.63) is 128 Å². The van der Waals surface area contributed by atoms with Crippen LogP contribution in [0.25, 0.3) is 11.4 Å². The van der Waals surface area contributed by atoms with E-state index in [-0.39, 0.29) is 28.1 Å². The van der Waals surface area contributed by atoms with Crippen molar-refractivity contribution in [2.24, 2.45) is 7.05 Å². The van der Waals surface area contributed by atoms with E-state index in [2.05, 4.69) is 0 Å². The molecule has 10 nitrogen and oxygen atoms in total. The molecule has 4 aromatic rings. The maximum Gasteiger partial charge on any atom is 0.300 e. The van der Waals surface area contributed by atoms with E-state index in [1.54, 1.807) is 79.3 Å². The summed E-state index contributed by atoms with van der Waals surface area (Å²) in [5.74, 6) is -2.47. The number of hydrogen-bond donors (Lipinski definition) is 1. The van der Waals surface area contributed by atoms with Gasteiger partial charge in [0, 0.05) is 24.7 Å². The minimum absolute atomic E-state index is 0.0675. The number of Topliss-reactive ketones (excluding diaryl/α,β-unsaturated/α-hetero) is 1. The Morgan fingerprint density at radius 2 is 1.55 bits per heavy atom. The Morgan fingerprint density at radius 3 is 2.18 bits per heavy atom. The van der Waals surface area contributed by atoms with Crippen LogP contribution in [0.1, 0.15) is 22.9 Å². The van der Waals surface area contributed by atoms with E-state index < -0.39 is 34.0 Å². The van der Waals surface area contributed by atoms with Gasteiger partial charge in [0.05, 0.1) is 27.9 Å². The first-order chi connectivity index (χ1) is 18.2. The molecule has 3 aromatic carbocycles. The average Bonchev–Trinajstić information content (AvgIpc) is 3.32. The molecule has 0 saturated carbocycles. The number of nitro groups is 1. The molecule has 190 valence electrons. The van der Waals surface area contributed by atoms with Crippen LogP contribution in [0, 0.1) is 17.0 Å². The molecule has 1 unspecified atom stereocenters. The molecule has 1 aliphatic heterocycles. The highest BCUT2D eigenvalue weighted by atomic mass is 16.6. The zero-order valence-electron chi connectivity index (χ0n) is 20.4. The minimum atomic E-state index is -1.28. The van der Waals surface area contributed by atoms with Crippen LogP contribution in [0.3, 0.4) is 0 Å². The second-order valence-electron chi connectivity index (χ2n) is 8.80. The highest BCUT2D eigenvalue weighted by molar-refractivity contribution is 6.51. The fraction of sp³-hybridized carbons (Fsp3) is 0.107. The standard InChI is InChI=1S/C28H22N4O6/c1-17-23(27(35)31(29(17)2)20-13-7-4-8-14-20)30-24(19-12-9-15-21(16-19)32(37)38)22(26(34)28(30)36)25(33)18-10-5-3-6-11-18/h3-16,24,33H,1-2H3/b25-22+. The second kappa shape index (κ2) is 9.32. The van der Waals surface area contributed by atoms with E-state index in [1.165, 1.54) is 28.9 Å². The summed E-state index contributed by atoms with van der Waals surface area (Å²) in [5.41, 5.74) is 0.250. The number of aliphatic hydroxyl groups is 1. The molecule has 1 N–H and O–H groups in total. The van der Waals surface area contributed by atoms with Crippen LogP contribution >= 0.6 is 0 Å². The van der Waals surface area contributed by atoms with Crippen molar-refractivity contribution in [2.75, 3.05) is 4.90 Å². The minimum Gasteiger partial charge on any atom is -0.507 e. The van der Waals surface area contributed by atoms with Gasteiger partial charge in [-0.05, 0) is 24.6 Å². The molecule has 0 radical (unpaired) electrons. The van der Waals surface area contributed by atoms with E-state index in [0.717, 1.165) is 4.90 Å². The van der Waals surface area contributed by atoms with E-state index in [1.807, 2.05) is 0 Å². The van der Waals surface area contributed by atoms with Crippen molar-refractivity contribution in [3.8, 4) is 5.69 Å². The Balaban J connectivity index is 1.81. The summed E-state index contributed by atoms with van der Waals surface area (Å²) in [7, 11) is 1.65. The van der Waals surface area contributed by atoms with Crippen LogP contribution in [0.2, 0.25) is 0 Å². The molecule has 1 amide bonds. The summed E-state index contributed by atoms with van der Waals surface area (Å²) in [4.78, 5) is 52.8. The lowest BCUT2D eigenvalue weighted by Crippen LogP contribution is -2.34. The van der Waals surface area contributed by atoms with Crippen molar-refractivity contribution < 1.29 is 19.6 Å². The molecule has 1 atom stereocenters. The van der Waals surface area contributed by atoms with Gasteiger partial charge in [-0.3, -0.25) is 34.1 Å². The van der Waals surface area contributed by atoms with Crippen molar-refractivity contribution in [3.63, 3.8) is 0 Å². The quantitative estimate of drug-likeness (QED) is 0.142. The number of ketones is 1. The molecule has 1 fully saturated rings. The molecule has 0 spiro atoms. The van der Waals surface area contributed by atoms with Crippen molar-refractivity contribution >= 4 is 28.8 Å². The van der Waals surface area contributed by atoms with Gasteiger partial charge in [0.1, 0.15) is 11.4 Å². The Kier molecular flexibility index (Phi) is 6.00. The van der Waals surface area contributed by atoms with E-state index in [9.17, 15) is 29.6 Å². The van der Waals surface area contributed by atoms with Crippen LogP contribution in [-0.2, 0) is 16.6 Å². The summed E-state index contributed by atoms with van der Waals surface area (Å²) in [6, 6.07) is 21.2. The number of benzene rings is 3. The lowest BCUT2D eigenvalue weighted by atomic mass is 9.95. The first-order valence-corrected chi connectivity index (χ1v) is 11.7. The van der Waals surface area contributed by atoms with Gasteiger partial charge in [0.2, 0.25) is 0 Å². The smallest absolute Gasteiger partial charge is 0.300 e. The number of para-hydroxylation sites is 1. The average molecular weight is 511 g/mol. The Labute approximate surface area is 216 Å². The number of amides is 1. The van der Waals surface area contributed by atoms with E-state index in [0.29, 0.717) is 11.4 Å². The number of nitrogens with zero attached hydrogens (tertiary/aromatic N) is 4. The molecule has 5 rings (SSSR count). The predicted molar refractivity (Wildman–Crippen MR) is 140 cm³/mol. The molecule has 1 aromatic heterocycles. The number of hydrogen-bond acceptors (Lipinski definition) is 6. The van der Waals surface area contributed by atoms with Crippen molar-refractivity contribution in [2.45, 2.75) is 13.0 Å². The van der Waals surface area contributed by atoms with Crippen LogP contribution in [0.4, 0.5) is 11.4 Å². The number of carbonyl (C=O) groups excluding carboxylic acids is 2. The third kappa shape index (κ3) is 3.79. The van der Waals surface area contributed by atoms with E-state index >= 15 is 0 Å². The molecular weight excluding hydrogens is 488 g/mol. The molecule has 10 heteroatoms. The highest BCUT2D eigenvalue weighted by Crippen LogP contribution is 2.43. The maximum atomic E-state index is 13.8. The molecule has 1 aliphatic rings. The van der Waals surface area contributed by atoms with E-state index in [4.69, 9.17) is 0 Å². The summed E-state index contributed by atoms with van der Waals surface area (Å²) in [5, 5.41) is 22.8. The number of carbonyl (C=O) groups is 2. The van der Waals surface area contributed by atoms with Gasteiger partial charge in [0.25, 0.3) is 22.9 Å². The largest absolute Gasteiger partial charge is 0.507 e. The normalized spacial score (nSPS) is 16.7. The summed E-state index contributed by atoms with van der Waals surface area (Å²) >= 11 is 0. The number of non-ortho nitro benzene ring substituents is 1. The Morgan fingerprint density at radius 1 is 0.921 bits per heavy atom. The zero-order chi connectivity index (χ0) is 27.1. The lowest BCUT2D eigenvalue weighted by Gasteiger charge is -2.24. The number of anilines is 1. The van der Waals surface area contributed by atoms with Crippen molar-refractivity contribution in [1.82, 2.24) is 9.36 Å².